The molecular formula is C7H8BrNS. The van der Waals surface area contributed by atoms with Gasteiger partial charge < -0.3 is 0 Å². The van der Waals surface area contributed by atoms with Crippen molar-refractivity contribution >= 4 is 33.3 Å². The first-order chi connectivity index (χ1) is 4.83. The van der Waals surface area contributed by atoms with Gasteiger partial charge in [-0.05, 0) is 13.0 Å². The molecule has 0 radical (unpaired) electrons. The lowest BCUT2D eigenvalue weighted by molar-refractivity contribution is 1.41. The van der Waals surface area contributed by atoms with Crippen LogP contribution in [0.15, 0.2) is 17.3 Å². The Bertz CT molecular complexity index is 216. The van der Waals surface area contributed by atoms with Gasteiger partial charge in [0.2, 0.25) is 0 Å². The lowest BCUT2D eigenvalue weighted by atomic mass is 10.3. The van der Waals surface area contributed by atoms with Crippen LogP contribution in [0.1, 0.15) is 11.8 Å². The molecule has 1 aromatic rings. The highest BCUT2D eigenvalue weighted by Gasteiger charge is 1.89. The van der Waals surface area contributed by atoms with E-state index in [-0.39, 0.29) is 0 Å². The van der Waals surface area contributed by atoms with Gasteiger partial charge in [-0.15, -0.1) is 11.3 Å². The number of nitrogens with zero attached hydrogens (tertiary/aromatic N) is 1. The zero-order valence-electron chi connectivity index (χ0n) is 5.67. The molecule has 0 aliphatic carbocycles. The lowest BCUT2D eigenvalue weighted by Gasteiger charge is -1.88. The molecule has 0 unspecified atom stereocenters. The molecule has 0 saturated heterocycles. The summed E-state index contributed by atoms with van der Waals surface area (Å²) in [4.78, 5) is 5.19. The molecule has 0 atom stereocenters. The van der Waals surface area contributed by atoms with Crippen LogP contribution in [-0.4, -0.2) is 10.3 Å². The second-order valence-corrected chi connectivity index (χ2v) is 3.51. The molecule has 0 aliphatic rings. The average Bonchev–Trinajstić information content (AvgIpc) is 2.40. The summed E-state index contributed by atoms with van der Waals surface area (Å²) in [6.45, 7) is 2.09. The first kappa shape index (κ1) is 7.95. The molecular weight excluding hydrogens is 210 g/mol. The van der Waals surface area contributed by atoms with E-state index in [1.165, 1.54) is 10.5 Å². The highest BCUT2D eigenvalue weighted by molar-refractivity contribution is 9.09. The first-order valence-corrected chi connectivity index (χ1v) is 4.94. The second kappa shape index (κ2) is 3.88. The van der Waals surface area contributed by atoms with E-state index in [0.29, 0.717) is 0 Å². The fourth-order valence-electron chi connectivity index (χ4n) is 0.578. The zero-order valence-corrected chi connectivity index (χ0v) is 8.08. The van der Waals surface area contributed by atoms with Crippen molar-refractivity contribution in [3.05, 3.63) is 22.2 Å². The van der Waals surface area contributed by atoms with Crippen LogP contribution in [0.5, 0.6) is 0 Å². The van der Waals surface area contributed by atoms with Gasteiger partial charge in [-0.25, -0.2) is 0 Å². The molecule has 0 N–H and O–H groups in total. The minimum atomic E-state index is 0.935. The Morgan fingerprint density at radius 1 is 1.90 bits per heavy atom. The molecule has 0 aliphatic heterocycles. The van der Waals surface area contributed by atoms with Crippen molar-refractivity contribution < 1.29 is 0 Å². The van der Waals surface area contributed by atoms with E-state index in [1.54, 1.807) is 11.3 Å². The number of aromatic nitrogens is 1. The minimum absolute atomic E-state index is 0.935. The van der Waals surface area contributed by atoms with Gasteiger partial charge in [-0.1, -0.05) is 21.5 Å². The maximum Gasteiger partial charge on any atom is 0.0797 e. The Morgan fingerprint density at radius 3 is 3.20 bits per heavy atom. The molecule has 0 spiro atoms. The van der Waals surface area contributed by atoms with Gasteiger partial charge in [-0.2, -0.15) is 0 Å². The van der Waals surface area contributed by atoms with Crippen LogP contribution >= 0.6 is 27.3 Å². The number of halogens is 1. The van der Waals surface area contributed by atoms with Crippen molar-refractivity contribution in [1.82, 2.24) is 4.98 Å². The molecule has 0 saturated carbocycles. The number of allylic oxidation sites excluding steroid dienone is 1. The molecule has 1 aromatic heterocycles. The van der Waals surface area contributed by atoms with Gasteiger partial charge in [0, 0.05) is 16.4 Å². The van der Waals surface area contributed by atoms with E-state index in [4.69, 9.17) is 0 Å². The van der Waals surface area contributed by atoms with E-state index in [9.17, 15) is 0 Å². The van der Waals surface area contributed by atoms with Crippen molar-refractivity contribution in [2.75, 3.05) is 5.33 Å². The summed E-state index contributed by atoms with van der Waals surface area (Å²) in [5.41, 5.74) is 3.16. The fourth-order valence-corrected chi connectivity index (χ4v) is 1.37. The van der Waals surface area contributed by atoms with Crippen molar-refractivity contribution in [2.24, 2.45) is 0 Å². The van der Waals surface area contributed by atoms with Gasteiger partial charge in [-0.3, -0.25) is 4.98 Å². The normalized spacial score (nSPS) is 12.0. The summed E-state index contributed by atoms with van der Waals surface area (Å²) < 4.78 is 0. The topological polar surface area (TPSA) is 12.9 Å². The summed E-state index contributed by atoms with van der Waals surface area (Å²) in [6.07, 6.45) is 4.00. The van der Waals surface area contributed by atoms with Crippen LogP contribution < -0.4 is 0 Å². The van der Waals surface area contributed by atoms with Crippen LogP contribution in [0.25, 0.3) is 6.08 Å². The van der Waals surface area contributed by atoms with Crippen LogP contribution in [0, 0.1) is 0 Å². The molecule has 0 amide bonds. The van der Waals surface area contributed by atoms with Crippen LogP contribution in [0.3, 0.4) is 0 Å². The quantitative estimate of drug-likeness (QED) is 0.695. The summed E-state index contributed by atoms with van der Waals surface area (Å²) in [5, 5.41) is 0.935. The minimum Gasteiger partial charge on any atom is -0.253 e. The fraction of sp³-hybridized carbons (Fsp3) is 0.286. The van der Waals surface area contributed by atoms with E-state index in [2.05, 4.69) is 33.9 Å². The summed E-state index contributed by atoms with van der Waals surface area (Å²) >= 11 is 5.03. The Kier molecular flexibility index (Phi) is 3.09. The predicted molar refractivity (Wildman–Crippen MR) is 49.6 cm³/mol. The van der Waals surface area contributed by atoms with Crippen molar-refractivity contribution in [2.45, 2.75) is 6.92 Å². The molecule has 0 aromatic carbocycles. The number of hydrogen-bond acceptors (Lipinski definition) is 2. The SMILES string of the molecule is C/C(=C\c1cncs1)CBr. The molecule has 0 bridgehead atoms. The van der Waals surface area contributed by atoms with Gasteiger partial charge in [0.25, 0.3) is 0 Å². The lowest BCUT2D eigenvalue weighted by Crippen LogP contribution is -1.72. The van der Waals surface area contributed by atoms with E-state index in [1.807, 2.05) is 11.7 Å². The molecule has 54 valence electrons. The third-order valence-electron chi connectivity index (χ3n) is 1.05. The number of alkyl halides is 1. The monoisotopic (exact) mass is 217 g/mol. The summed E-state index contributed by atoms with van der Waals surface area (Å²) in [5.74, 6) is 0. The summed E-state index contributed by atoms with van der Waals surface area (Å²) in [7, 11) is 0. The van der Waals surface area contributed by atoms with Gasteiger partial charge in [0.1, 0.15) is 0 Å². The maximum absolute atomic E-state index is 3.97. The average molecular weight is 218 g/mol. The Balaban J connectivity index is 2.71. The molecule has 10 heavy (non-hydrogen) atoms. The maximum atomic E-state index is 3.97. The largest absolute Gasteiger partial charge is 0.253 e. The van der Waals surface area contributed by atoms with Crippen molar-refractivity contribution in [3.63, 3.8) is 0 Å². The second-order valence-electron chi connectivity index (χ2n) is 2.03. The molecule has 1 nitrogen and oxygen atoms in total. The predicted octanol–water partition coefficient (Wildman–Crippen LogP) is 2.94. The highest BCUT2D eigenvalue weighted by Crippen LogP contribution is 2.11. The Labute approximate surface area is 72.9 Å². The summed E-state index contributed by atoms with van der Waals surface area (Å²) in [6, 6.07) is 0. The third-order valence-corrected chi connectivity index (χ3v) is 2.66. The third kappa shape index (κ3) is 2.23. The van der Waals surface area contributed by atoms with Gasteiger partial charge in [0.05, 0.1) is 5.51 Å². The zero-order chi connectivity index (χ0) is 7.40. The number of rotatable bonds is 2. The first-order valence-electron chi connectivity index (χ1n) is 2.94. The van der Waals surface area contributed by atoms with E-state index < -0.39 is 0 Å². The number of thiazole rings is 1. The highest BCUT2D eigenvalue weighted by atomic mass is 79.9. The Hall–Kier alpha value is -0.150. The number of hydrogen-bond donors (Lipinski definition) is 0. The Morgan fingerprint density at radius 2 is 2.70 bits per heavy atom. The molecule has 3 heteroatoms. The van der Waals surface area contributed by atoms with Crippen LogP contribution in [0.2, 0.25) is 0 Å². The van der Waals surface area contributed by atoms with Crippen molar-refractivity contribution in [1.29, 1.82) is 0 Å². The molecule has 0 fully saturated rings. The van der Waals surface area contributed by atoms with Gasteiger partial charge in [0.15, 0.2) is 0 Å². The van der Waals surface area contributed by atoms with Crippen molar-refractivity contribution in [3.8, 4) is 0 Å². The van der Waals surface area contributed by atoms with Crippen LogP contribution in [-0.2, 0) is 0 Å². The van der Waals surface area contributed by atoms with E-state index in [0.717, 1.165) is 5.33 Å². The standard InChI is InChI=1S/C7H8BrNS/c1-6(3-8)2-7-4-9-5-10-7/h2,4-5H,3H2,1H3/b6-2+. The van der Waals surface area contributed by atoms with Gasteiger partial charge >= 0.3 is 0 Å². The van der Waals surface area contributed by atoms with E-state index >= 15 is 0 Å². The van der Waals surface area contributed by atoms with Crippen LogP contribution in [0.4, 0.5) is 0 Å². The smallest absolute Gasteiger partial charge is 0.0797 e. The molecule has 1 heterocycles. The molecule has 1 rings (SSSR count).